The topological polar surface area (TPSA) is 71.0 Å². The van der Waals surface area contributed by atoms with Crippen LogP contribution in [0.2, 0.25) is 0 Å². The summed E-state index contributed by atoms with van der Waals surface area (Å²) in [6, 6.07) is 8.04. The number of hydrogen-bond acceptors (Lipinski definition) is 8. The summed E-state index contributed by atoms with van der Waals surface area (Å²) in [4.78, 5) is 1.90. The lowest BCUT2D eigenvalue weighted by Crippen LogP contribution is -2.14. The standard InChI is InChI=1S/C28H12Br4O6S2/c1-7-3-13-21(33-7)17(31)27(39-13)25-15(29)23-19(37-25)9-5-12-10(6-11(9)35-23)20-24(36-12)16(30)26(38-20)28-18(32)22-14(40-28)4-8(2)34-22/h3-6,19,23H,1-2H3. The number of furan rings is 4. The highest BCUT2D eigenvalue weighted by molar-refractivity contribution is 9.12. The number of halogens is 4. The van der Waals surface area contributed by atoms with Crippen molar-refractivity contribution in [2.45, 2.75) is 26.1 Å². The first-order chi connectivity index (χ1) is 19.3. The van der Waals surface area contributed by atoms with Crippen molar-refractivity contribution in [1.82, 2.24) is 0 Å². The van der Waals surface area contributed by atoms with Crippen LogP contribution in [0.15, 0.2) is 59.8 Å². The molecule has 2 aliphatic rings. The van der Waals surface area contributed by atoms with Gasteiger partial charge in [-0.25, -0.2) is 0 Å². The van der Waals surface area contributed by atoms with Crippen LogP contribution in [0.3, 0.4) is 0 Å². The Labute approximate surface area is 266 Å². The first-order valence-electron chi connectivity index (χ1n) is 12.1. The third kappa shape index (κ3) is 3.18. The molecule has 0 amide bonds. The number of ether oxygens (including phenoxy) is 2. The molecule has 0 spiro atoms. The second-order valence-corrected chi connectivity index (χ2v) is 15.1. The minimum absolute atomic E-state index is 0.297. The molecule has 0 saturated heterocycles. The van der Waals surface area contributed by atoms with E-state index >= 15 is 0 Å². The van der Waals surface area contributed by atoms with Gasteiger partial charge in [0, 0.05) is 5.56 Å². The van der Waals surface area contributed by atoms with E-state index < -0.39 is 0 Å². The molecule has 6 aromatic heterocycles. The van der Waals surface area contributed by atoms with Gasteiger partial charge in [-0.2, -0.15) is 0 Å². The Balaban J connectivity index is 1.12. The van der Waals surface area contributed by atoms with E-state index in [2.05, 4.69) is 63.7 Å². The molecule has 2 atom stereocenters. The molecule has 9 rings (SSSR count). The van der Waals surface area contributed by atoms with Gasteiger partial charge < -0.3 is 27.1 Å². The Hall–Kier alpha value is -1.96. The highest BCUT2D eigenvalue weighted by Crippen LogP contribution is 2.56. The fraction of sp³-hybridized carbons (Fsp3) is 0.143. The Morgan fingerprint density at radius 2 is 1.32 bits per heavy atom. The van der Waals surface area contributed by atoms with E-state index in [1.807, 2.05) is 38.1 Å². The highest BCUT2D eigenvalue weighted by atomic mass is 79.9. The largest absolute Gasteiger partial charge is 0.480 e. The van der Waals surface area contributed by atoms with Crippen LogP contribution in [0.5, 0.6) is 5.75 Å². The molecular formula is C28H12Br4O6S2. The fourth-order valence-corrected chi connectivity index (χ4v) is 10.8. The normalized spacial score (nSPS) is 18.6. The molecule has 0 saturated carbocycles. The molecule has 40 heavy (non-hydrogen) atoms. The molecule has 6 nitrogen and oxygen atoms in total. The Morgan fingerprint density at radius 3 is 2.02 bits per heavy atom. The van der Waals surface area contributed by atoms with E-state index in [0.29, 0.717) is 22.5 Å². The third-order valence-corrected chi connectivity index (χ3v) is 13.0. The SMILES string of the molecule is Cc1cc2sc(C3=C(Br)C4Oc5cc6c(cc5C4O3)oc3c(Br)c(-c4sc5cc(C)oc5c4Br)oc36)c(Br)c2o1. The number of rotatable bonds is 2. The molecule has 8 heterocycles. The summed E-state index contributed by atoms with van der Waals surface area (Å²) in [5.74, 6) is 3.94. The van der Waals surface area contributed by atoms with Crippen molar-refractivity contribution in [3.05, 3.63) is 64.1 Å². The van der Waals surface area contributed by atoms with Crippen molar-refractivity contribution in [3.63, 3.8) is 0 Å². The van der Waals surface area contributed by atoms with E-state index in [1.165, 1.54) is 0 Å². The predicted octanol–water partition coefficient (Wildman–Crippen LogP) is 12.0. The molecule has 0 aliphatic carbocycles. The minimum Gasteiger partial charge on any atom is -0.480 e. The first kappa shape index (κ1) is 24.6. The van der Waals surface area contributed by atoms with E-state index in [9.17, 15) is 0 Å². The van der Waals surface area contributed by atoms with Crippen molar-refractivity contribution in [1.29, 1.82) is 0 Å². The van der Waals surface area contributed by atoms with Gasteiger partial charge in [0.15, 0.2) is 46.1 Å². The number of benzene rings is 1. The summed E-state index contributed by atoms with van der Waals surface area (Å²) in [6.45, 7) is 3.89. The number of aryl methyl sites for hydroxylation is 2. The van der Waals surface area contributed by atoms with Gasteiger partial charge in [0.2, 0.25) is 0 Å². The summed E-state index contributed by atoms with van der Waals surface area (Å²) in [6.07, 6.45) is -0.601. The Morgan fingerprint density at radius 1 is 0.650 bits per heavy atom. The third-order valence-electron chi connectivity index (χ3n) is 7.20. The number of fused-ring (bicyclic) bond motifs is 8. The first-order valence-corrected chi connectivity index (χ1v) is 16.9. The molecule has 1 aromatic carbocycles. The zero-order chi connectivity index (χ0) is 27.2. The number of thiophene rings is 2. The molecule has 0 fully saturated rings. The summed E-state index contributed by atoms with van der Waals surface area (Å²) in [5.41, 5.74) is 4.58. The van der Waals surface area contributed by atoms with Gasteiger partial charge in [0.25, 0.3) is 0 Å². The van der Waals surface area contributed by atoms with Crippen molar-refractivity contribution in [3.8, 4) is 16.4 Å². The maximum absolute atomic E-state index is 6.53. The van der Waals surface area contributed by atoms with Gasteiger partial charge >= 0.3 is 0 Å². The molecule has 0 N–H and O–H groups in total. The van der Waals surface area contributed by atoms with Crippen LogP contribution < -0.4 is 4.74 Å². The fourth-order valence-electron chi connectivity index (χ4n) is 5.48. The van der Waals surface area contributed by atoms with Crippen molar-refractivity contribution in [2.75, 3.05) is 0 Å². The van der Waals surface area contributed by atoms with E-state index in [4.69, 9.17) is 27.1 Å². The monoisotopic (exact) mass is 824 g/mol. The minimum atomic E-state index is -0.304. The summed E-state index contributed by atoms with van der Waals surface area (Å²) in [5, 5.41) is 0.838. The van der Waals surface area contributed by atoms with Crippen LogP contribution >= 0.6 is 86.4 Å². The van der Waals surface area contributed by atoms with Crippen molar-refractivity contribution >= 4 is 135 Å². The van der Waals surface area contributed by atoms with E-state index in [0.717, 1.165) is 82.2 Å². The maximum atomic E-state index is 6.53. The van der Waals surface area contributed by atoms with Gasteiger partial charge in [-0.15, -0.1) is 22.7 Å². The van der Waals surface area contributed by atoms with Gasteiger partial charge in [-0.3, -0.25) is 0 Å². The highest BCUT2D eigenvalue weighted by Gasteiger charge is 2.47. The van der Waals surface area contributed by atoms with Gasteiger partial charge in [-0.1, -0.05) is 0 Å². The lowest BCUT2D eigenvalue weighted by molar-refractivity contribution is 0.120. The van der Waals surface area contributed by atoms with Crippen LogP contribution in [0.1, 0.15) is 28.1 Å². The molecule has 7 aromatic rings. The van der Waals surface area contributed by atoms with Gasteiger partial charge in [0.1, 0.15) is 27.3 Å². The molecule has 200 valence electrons. The zero-order valence-corrected chi connectivity index (χ0v) is 28.2. The molecule has 2 unspecified atom stereocenters. The van der Waals surface area contributed by atoms with Crippen molar-refractivity contribution in [2.24, 2.45) is 0 Å². The van der Waals surface area contributed by atoms with Crippen LogP contribution in [0.25, 0.3) is 59.1 Å². The lowest BCUT2D eigenvalue weighted by Gasteiger charge is -2.10. The average Bonchev–Trinajstić information content (AvgIpc) is 3.77. The molecule has 2 aliphatic heterocycles. The molecule has 0 bridgehead atoms. The Bertz CT molecular complexity index is 2270. The second-order valence-electron chi connectivity index (χ2n) is 9.74. The van der Waals surface area contributed by atoms with Crippen molar-refractivity contribution < 1.29 is 27.1 Å². The van der Waals surface area contributed by atoms with Gasteiger partial charge in [0.05, 0.1) is 38.0 Å². The Kier molecular flexibility index (Phi) is 5.12. The number of hydrogen-bond donors (Lipinski definition) is 0. The van der Waals surface area contributed by atoms with Crippen LogP contribution in [-0.2, 0) is 4.74 Å². The van der Waals surface area contributed by atoms with Crippen LogP contribution in [-0.4, -0.2) is 6.10 Å². The predicted molar refractivity (Wildman–Crippen MR) is 170 cm³/mol. The van der Waals surface area contributed by atoms with E-state index in [1.54, 1.807) is 22.7 Å². The zero-order valence-electron chi connectivity index (χ0n) is 20.2. The second kappa shape index (κ2) is 8.32. The molecule has 12 heteroatoms. The molecule has 0 radical (unpaired) electrons. The summed E-state index contributed by atoms with van der Waals surface area (Å²) < 4.78 is 42.9. The van der Waals surface area contributed by atoms with E-state index in [-0.39, 0.29) is 12.2 Å². The summed E-state index contributed by atoms with van der Waals surface area (Å²) in [7, 11) is 0. The summed E-state index contributed by atoms with van der Waals surface area (Å²) >= 11 is 18.1. The lowest BCUT2D eigenvalue weighted by atomic mass is 10.1. The van der Waals surface area contributed by atoms with Gasteiger partial charge in [-0.05, 0) is 102 Å². The average molecular weight is 828 g/mol. The quantitative estimate of drug-likeness (QED) is 0.173. The van der Waals surface area contributed by atoms with Crippen LogP contribution in [0, 0.1) is 13.8 Å². The van der Waals surface area contributed by atoms with Crippen LogP contribution in [0.4, 0.5) is 0 Å². The maximum Gasteiger partial charge on any atom is 0.188 e. The smallest absolute Gasteiger partial charge is 0.188 e. The molecular weight excluding hydrogens is 816 g/mol.